The first-order valence-corrected chi connectivity index (χ1v) is 8.86. The number of aromatic nitrogens is 3. The second kappa shape index (κ2) is 7.23. The first-order chi connectivity index (χ1) is 13.6. The van der Waals surface area contributed by atoms with Crippen molar-refractivity contribution in [1.29, 1.82) is 0 Å². The Hall–Kier alpha value is -3.54. The molecule has 2 aromatic carbocycles. The third kappa shape index (κ3) is 3.03. The molecule has 6 heteroatoms. The largest absolute Gasteiger partial charge is 0.493 e. The minimum Gasteiger partial charge on any atom is -0.493 e. The molecule has 2 aromatic heterocycles. The van der Waals surface area contributed by atoms with Crippen LogP contribution in [0.3, 0.4) is 0 Å². The second-order valence-electron chi connectivity index (χ2n) is 6.40. The lowest BCUT2D eigenvalue weighted by molar-refractivity contribution is 0.324. The monoisotopic (exact) mass is 375 g/mol. The molecule has 0 radical (unpaired) electrons. The van der Waals surface area contributed by atoms with E-state index in [2.05, 4.69) is 36.2 Å². The van der Waals surface area contributed by atoms with E-state index in [4.69, 9.17) is 19.2 Å². The molecule has 4 rings (SSSR count). The summed E-state index contributed by atoms with van der Waals surface area (Å²) >= 11 is 0. The van der Waals surface area contributed by atoms with E-state index in [1.807, 2.05) is 28.8 Å². The normalized spacial score (nSPS) is 10.9. The number of imidazole rings is 1. The summed E-state index contributed by atoms with van der Waals surface area (Å²) in [5.74, 6) is 1.70. The Labute approximate surface area is 163 Å². The first-order valence-electron chi connectivity index (χ1n) is 8.86. The third-order valence-electron chi connectivity index (χ3n) is 4.67. The van der Waals surface area contributed by atoms with Gasteiger partial charge in [0.2, 0.25) is 5.75 Å². The number of rotatable bonds is 5. The summed E-state index contributed by atoms with van der Waals surface area (Å²) in [6.07, 6.45) is 1.75. The molecule has 0 N–H and O–H groups in total. The van der Waals surface area contributed by atoms with Crippen LogP contribution in [-0.4, -0.2) is 35.9 Å². The van der Waals surface area contributed by atoms with Crippen LogP contribution in [0.4, 0.5) is 0 Å². The van der Waals surface area contributed by atoms with Crippen molar-refractivity contribution in [2.75, 3.05) is 21.3 Å². The highest BCUT2D eigenvalue weighted by Crippen LogP contribution is 2.39. The molecule has 0 unspecified atom stereocenters. The molecule has 0 aliphatic rings. The van der Waals surface area contributed by atoms with Crippen molar-refractivity contribution < 1.29 is 14.2 Å². The van der Waals surface area contributed by atoms with Gasteiger partial charge in [0.1, 0.15) is 11.8 Å². The molecule has 0 spiro atoms. The summed E-state index contributed by atoms with van der Waals surface area (Å²) in [7, 11) is 4.78. The van der Waals surface area contributed by atoms with Crippen molar-refractivity contribution in [3.63, 3.8) is 0 Å². The Balaban J connectivity index is 1.87. The molecule has 0 aliphatic carbocycles. The van der Waals surface area contributed by atoms with E-state index in [1.165, 1.54) is 5.56 Å². The Morgan fingerprint density at radius 2 is 1.50 bits per heavy atom. The van der Waals surface area contributed by atoms with Gasteiger partial charge in [0.05, 0.1) is 32.7 Å². The zero-order valence-electron chi connectivity index (χ0n) is 16.3. The number of nitrogens with zero attached hydrogens (tertiary/aromatic N) is 3. The quantitative estimate of drug-likeness (QED) is 0.517. The third-order valence-corrected chi connectivity index (χ3v) is 4.67. The highest BCUT2D eigenvalue weighted by molar-refractivity contribution is 5.77. The van der Waals surface area contributed by atoms with E-state index in [1.54, 1.807) is 27.7 Å². The zero-order chi connectivity index (χ0) is 19.7. The van der Waals surface area contributed by atoms with Gasteiger partial charge in [-0.2, -0.15) is 0 Å². The van der Waals surface area contributed by atoms with Crippen LogP contribution in [0, 0.1) is 6.92 Å². The highest BCUT2D eigenvalue weighted by Gasteiger charge is 2.16. The van der Waals surface area contributed by atoms with Crippen molar-refractivity contribution in [1.82, 2.24) is 14.5 Å². The van der Waals surface area contributed by atoms with Crippen molar-refractivity contribution in [3.8, 4) is 34.2 Å². The smallest absolute Gasteiger partial charge is 0.203 e. The van der Waals surface area contributed by atoms with Gasteiger partial charge in [-0.1, -0.05) is 29.8 Å². The van der Waals surface area contributed by atoms with Crippen molar-refractivity contribution >= 4 is 11.2 Å². The van der Waals surface area contributed by atoms with E-state index < -0.39 is 0 Å². The van der Waals surface area contributed by atoms with Crippen LogP contribution in [0.25, 0.3) is 28.1 Å². The molecule has 0 saturated carbocycles. The molecule has 6 nitrogen and oxygen atoms in total. The van der Waals surface area contributed by atoms with Crippen molar-refractivity contribution in [2.24, 2.45) is 0 Å². The van der Waals surface area contributed by atoms with Gasteiger partial charge in [-0.25, -0.2) is 9.97 Å². The molecule has 0 saturated heterocycles. The Kier molecular flexibility index (Phi) is 4.61. The van der Waals surface area contributed by atoms with Gasteiger partial charge in [-0.05, 0) is 19.1 Å². The lowest BCUT2D eigenvalue weighted by Gasteiger charge is -2.14. The van der Waals surface area contributed by atoms with Crippen LogP contribution in [0.1, 0.15) is 5.56 Å². The van der Waals surface area contributed by atoms with Crippen LogP contribution in [0.5, 0.6) is 17.2 Å². The van der Waals surface area contributed by atoms with Gasteiger partial charge in [0, 0.05) is 17.7 Å². The predicted molar refractivity (Wildman–Crippen MR) is 109 cm³/mol. The molecule has 28 heavy (non-hydrogen) atoms. The minimum atomic E-state index is 0.548. The standard InChI is InChI=1S/C22H21N3O3/c1-14-5-7-15(8-6-14)17-9-10-18-22(24-17)25(13-23-18)16-11-19(26-2)21(28-4)20(12-16)27-3/h5-13H,1-4H3. The Morgan fingerprint density at radius 1 is 0.821 bits per heavy atom. The zero-order valence-corrected chi connectivity index (χ0v) is 16.3. The molecule has 4 aromatic rings. The SMILES string of the molecule is COc1cc(-n2cnc3ccc(-c4ccc(C)cc4)nc32)cc(OC)c1OC. The maximum atomic E-state index is 5.47. The minimum absolute atomic E-state index is 0.548. The fourth-order valence-corrected chi connectivity index (χ4v) is 3.17. The highest BCUT2D eigenvalue weighted by atomic mass is 16.5. The lowest BCUT2D eigenvalue weighted by atomic mass is 10.1. The predicted octanol–water partition coefficient (Wildman–Crippen LogP) is 4.42. The molecule has 142 valence electrons. The summed E-state index contributed by atoms with van der Waals surface area (Å²) < 4.78 is 18.3. The maximum Gasteiger partial charge on any atom is 0.203 e. The molecule has 0 aliphatic heterocycles. The molecular formula is C22H21N3O3. The average Bonchev–Trinajstić information content (AvgIpc) is 3.16. The number of aryl methyl sites for hydroxylation is 1. The van der Waals surface area contributed by atoms with Crippen LogP contribution in [-0.2, 0) is 0 Å². The fraction of sp³-hybridized carbons (Fsp3) is 0.182. The molecular weight excluding hydrogens is 354 g/mol. The van der Waals surface area contributed by atoms with Gasteiger partial charge >= 0.3 is 0 Å². The lowest BCUT2D eigenvalue weighted by Crippen LogP contribution is -2.00. The van der Waals surface area contributed by atoms with Gasteiger partial charge in [-0.3, -0.25) is 4.57 Å². The first kappa shape index (κ1) is 17.9. The molecule has 0 amide bonds. The van der Waals surface area contributed by atoms with E-state index in [0.717, 1.165) is 28.1 Å². The van der Waals surface area contributed by atoms with Gasteiger partial charge in [-0.15, -0.1) is 0 Å². The van der Waals surface area contributed by atoms with Gasteiger partial charge < -0.3 is 14.2 Å². The molecule has 2 heterocycles. The molecule has 0 atom stereocenters. The maximum absolute atomic E-state index is 5.47. The summed E-state index contributed by atoms with van der Waals surface area (Å²) in [6.45, 7) is 2.07. The second-order valence-corrected chi connectivity index (χ2v) is 6.40. The number of hydrogen-bond acceptors (Lipinski definition) is 5. The number of hydrogen-bond donors (Lipinski definition) is 0. The van der Waals surface area contributed by atoms with E-state index in [-0.39, 0.29) is 0 Å². The van der Waals surface area contributed by atoms with E-state index in [9.17, 15) is 0 Å². The summed E-state index contributed by atoms with van der Waals surface area (Å²) in [4.78, 5) is 9.34. The van der Waals surface area contributed by atoms with Crippen LogP contribution >= 0.6 is 0 Å². The summed E-state index contributed by atoms with van der Waals surface area (Å²) in [6, 6.07) is 16.0. The number of fused-ring (bicyclic) bond motifs is 1. The molecule has 0 fully saturated rings. The van der Waals surface area contributed by atoms with Gasteiger partial charge in [0.15, 0.2) is 17.1 Å². The average molecular weight is 375 g/mol. The number of ether oxygens (including phenoxy) is 3. The fourth-order valence-electron chi connectivity index (χ4n) is 3.17. The topological polar surface area (TPSA) is 58.4 Å². The molecule has 0 bridgehead atoms. The van der Waals surface area contributed by atoms with Gasteiger partial charge in [0.25, 0.3) is 0 Å². The Bertz CT molecular complexity index is 1110. The van der Waals surface area contributed by atoms with Crippen LogP contribution in [0.15, 0.2) is 54.9 Å². The van der Waals surface area contributed by atoms with Crippen molar-refractivity contribution in [3.05, 3.63) is 60.4 Å². The van der Waals surface area contributed by atoms with Crippen LogP contribution in [0.2, 0.25) is 0 Å². The van der Waals surface area contributed by atoms with E-state index >= 15 is 0 Å². The Morgan fingerprint density at radius 3 is 2.11 bits per heavy atom. The van der Waals surface area contributed by atoms with Crippen LogP contribution < -0.4 is 14.2 Å². The number of methoxy groups -OCH3 is 3. The van der Waals surface area contributed by atoms with E-state index in [0.29, 0.717) is 17.2 Å². The van der Waals surface area contributed by atoms with Crippen molar-refractivity contribution in [2.45, 2.75) is 6.92 Å². The number of pyridine rings is 1. The number of benzene rings is 2. The summed E-state index contributed by atoms with van der Waals surface area (Å²) in [5.41, 5.74) is 5.56. The summed E-state index contributed by atoms with van der Waals surface area (Å²) in [5, 5.41) is 0.